The van der Waals surface area contributed by atoms with Crippen LogP contribution in [0.1, 0.15) is 31.4 Å². The van der Waals surface area contributed by atoms with Crippen molar-refractivity contribution >= 4 is 18.0 Å². The number of amides is 2. The molecule has 0 spiro atoms. The van der Waals surface area contributed by atoms with Gasteiger partial charge in [0, 0.05) is 6.42 Å². The minimum Gasteiger partial charge on any atom is -0.508 e. The fourth-order valence-electron chi connectivity index (χ4n) is 3.03. The van der Waals surface area contributed by atoms with E-state index in [9.17, 15) is 19.5 Å². The Morgan fingerprint density at radius 3 is 2.22 bits per heavy atom. The Kier molecular flexibility index (Phi) is 9.53. The zero-order chi connectivity index (χ0) is 23.5. The molecule has 32 heavy (non-hydrogen) atoms. The lowest BCUT2D eigenvalue weighted by molar-refractivity contribution is -0.146. The zero-order valence-corrected chi connectivity index (χ0v) is 18.5. The molecule has 0 saturated carbocycles. The highest BCUT2D eigenvalue weighted by molar-refractivity contribution is 5.90. The van der Waals surface area contributed by atoms with E-state index in [0.29, 0.717) is 12.0 Å². The number of benzene rings is 2. The highest BCUT2D eigenvalue weighted by Crippen LogP contribution is 2.13. The van der Waals surface area contributed by atoms with Gasteiger partial charge in [-0.2, -0.15) is 0 Å². The van der Waals surface area contributed by atoms with Gasteiger partial charge in [0.1, 0.15) is 24.4 Å². The fourth-order valence-corrected chi connectivity index (χ4v) is 3.03. The summed E-state index contributed by atoms with van der Waals surface area (Å²) in [7, 11) is 1.26. The van der Waals surface area contributed by atoms with Crippen molar-refractivity contribution in [3.05, 3.63) is 65.7 Å². The number of carbonyl (C=O) groups excluding carboxylic acids is 3. The molecule has 0 saturated heterocycles. The van der Waals surface area contributed by atoms with Crippen LogP contribution >= 0.6 is 0 Å². The van der Waals surface area contributed by atoms with E-state index in [4.69, 9.17) is 9.47 Å². The van der Waals surface area contributed by atoms with Gasteiger partial charge in [-0.1, -0.05) is 62.7 Å². The maximum Gasteiger partial charge on any atom is 0.408 e. The molecule has 0 aliphatic heterocycles. The summed E-state index contributed by atoms with van der Waals surface area (Å²) in [5.41, 5.74) is 1.52. The quantitative estimate of drug-likeness (QED) is 0.488. The van der Waals surface area contributed by atoms with Crippen molar-refractivity contribution in [3.63, 3.8) is 0 Å². The van der Waals surface area contributed by atoms with Crippen molar-refractivity contribution in [1.82, 2.24) is 10.6 Å². The van der Waals surface area contributed by atoms with E-state index >= 15 is 0 Å². The van der Waals surface area contributed by atoms with Crippen LogP contribution in [-0.2, 0) is 32.1 Å². The molecule has 8 nitrogen and oxygen atoms in total. The molecule has 2 aromatic rings. The second-order valence-corrected chi connectivity index (χ2v) is 7.52. The number of phenols is 1. The van der Waals surface area contributed by atoms with Crippen LogP contribution in [0.15, 0.2) is 54.6 Å². The number of ether oxygens (including phenoxy) is 2. The topological polar surface area (TPSA) is 114 Å². The van der Waals surface area contributed by atoms with E-state index in [-0.39, 0.29) is 24.7 Å². The normalized spacial score (nSPS) is 13.3. The predicted octanol–water partition coefficient (Wildman–Crippen LogP) is 2.93. The zero-order valence-electron chi connectivity index (χ0n) is 18.5. The Balaban J connectivity index is 2.12. The summed E-state index contributed by atoms with van der Waals surface area (Å²) in [6.07, 6.45) is 0.0295. The third kappa shape index (κ3) is 7.61. The molecule has 0 aliphatic carbocycles. The summed E-state index contributed by atoms with van der Waals surface area (Å²) < 4.78 is 10.1. The number of alkyl carbamates (subject to hydrolysis) is 1. The smallest absolute Gasteiger partial charge is 0.408 e. The van der Waals surface area contributed by atoms with Crippen LogP contribution in [0, 0.1) is 5.92 Å². The lowest BCUT2D eigenvalue weighted by Gasteiger charge is -2.25. The molecule has 3 N–H and O–H groups in total. The molecular weight excluding hydrogens is 412 g/mol. The maximum absolute atomic E-state index is 13.0. The molecule has 0 radical (unpaired) electrons. The van der Waals surface area contributed by atoms with E-state index in [1.54, 1.807) is 12.1 Å². The van der Waals surface area contributed by atoms with E-state index in [2.05, 4.69) is 10.6 Å². The third-order valence-electron chi connectivity index (χ3n) is 5.16. The summed E-state index contributed by atoms with van der Waals surface area (Å²) in [5, 5.41) is 14.8. The van der Waals surface area contributed by atoms with Crippen molar-refractivity contribution in [1.29, 1.82) is 0 Å². The Morgan fingerprint density at radius 2 is 1.62 bits per heavy atom. The van der Waals surface area contributed by atoms with Crippen molar-refractivity contribution in [2.45, 2.75) is 45.4 Å². The molecule has 2 aromatic carbocycles. The Labute approximate surface area is 187 Å². The van der Waals surface area contributed by atoms with Crippen LogP contribution < -0.4 is 10.6 Å². The second kappa shape index (κ2) is 12.3. The van der Waals surface area contributed by atoms with Crippen molar-refractivity contribution in [2.75, 3.05) is 7.11 Å². The van der Waals surface area contributed by atoms with Gasteiger partial charge in [-0.05, 0) is 29.2 Å². The lowest BCUT2D eigenvalue weighted by atomic mass is 9.98. The van der Waals surface area contributed by atoms with Crippen LogP contribution in [-0.4, -0.2) is 42.3 Å². The summed E-state index contributed by atoms with van der Waals surface area (Å²) in [4.78, 5) is 37.6. The highest BCUT2D eigenvalue weighted by atomic mass is 16.5. The van der Waals surface area contributed by atoms with E-state index < -0.39 is 30.1 Å². The number of carbonyl (C=O) groups is 3. The first-order valence-corrected chi connectivity index (χ1v) is 10.5. The van der Waals surface area contributed by atoms with Crippen molar-refractivity contribution in [2.24, 2.45) is 5.92 Å². The lowest BCUT2D eigenvalue weighted by Crippen LogP contribution is -2.54. The number of aromatic hydroxyl groups is 1. The van der Waals surface area contributed by atoms with Gasteiger partial charge in [0.15, 0.2) is 0 Å². The number of rotatable bonds is 10. The van der Waals surface area contributed by atoms with E-state index in [1.165, 1.54) is 19.2 Å². The molecule has 8 heteroatoms. The number of nitrogens with one attached hydrogen (secondary N) is 2. The average molecular weight is 443 g/mol. The summed E-state index contributed by atoms with van der Waals surface area (Å²) in [5.74, 6) is -1.16. The van der Waals surface area contributed by atoms with Gasteiger partial charge in [0.2, 0.25) is 5.91 Å². The number of esters is 1. The van der Waals surface area contributed by atoms with Gasteiger partial charge in [0.05, 0.1) is 7.11 Å². The molecule has 0 unspecified atom stereocenters. The molecule has 0 aliphatic rings. The largest absolute Gasteiger partial charge is 0.508 e. The summed E-state index contributed by atoms with van der Waals surface area (Å²) in [6.45, 7) is 3.79. The first-order chi connectivity index (χ1) is 15.3. The number of hydrogen-bond acceptors (Lipinski definition) is 6. The molecule has 0 heterocycles. The molecule has 3 atom stereocenters. The summed E-state index contributed by atoms with van der Waals surface area (Å²) in [6, 6.07) is 13.6. The van der Waals surface area contributed by atoms with Gasteiger partial charge in [-0.3, -0.25) is 4.79 Å². The van der Waals surface area contributed by atoms with Crippen LogP contribution in [0.3, 0.4) is 0 Å². The van der Waals surface area contributed by atoms with Gasteiger partial charge in [-0.25, -0.2) is 9.59 Å². The summed E-state index contributed by atoms with van der Waals surface area (Å²) >= 11 is 0. The van der Waals surface area contributed by atoms with Crippen LogP contribution in [0.5, 0.6) is 5.75 Å². The number of methoxy groups -OCH3 is 1. The Hall–Kier alpha value is -3.55. The predicted molar refractivity (Wildman–Crippen MR) is 119 cm³/mol. The van der Waals surface area contributed by atoms with Crippen LogP contribution in [0.4, 0.5) is 4.79 Å². The van der Waals surface area contributed by atoms with Crippen LogP contribution in [0.2, 0.25) is 0 Å². The second-order valence-electron chi connectivity index (χ2n) is 7.52. The van der Waals surface area contributed by atoms with E-state index in [0.717, 1.165) is 5.56 Å². The number of phenolic OH excluding ortho intramolecular Hbond substituents is 1. The monoisotopic (exact) mass is 442 g/mol. The average Bonchev–Trinajstić information content (AvgIpc) is 2.81. The van der Waals surface area contributed by atoms with Crippen molar-refractivity contribution < 1.29 is 29.0 Å². The van der Waals surface area contributed by atoms with Gasteiger partial charge < -0.3 is 25.2 Å². The first kappa shape index (κ1) is 24.7. The molecule has 0 aromatic heterocycles. The molecule has 172 valence electrons. The van der Waals surface area contributed by atoms with Gasteiger partial charge in [0.25, 0.3) is 0 Å². The van der Waals surface area contributed by atoms with Crippen LogP contribution in [0.25, 0.3) is 0 Å². The standard InChI is InChI=1S/C24H30N2O6/c1-4-16(2)21(23(29)31-3)26-22(28)20(14-17-10-12-19(27)13-11-17)25-24(30)32-15-18-8-6-5-7-9-18/h5-13,16,20-21,27H,4,14-15H2,1-3H3,(H,25,30)(H,26,28)/t16-,20-,21+/m1/s1. The fraction of sp³-hybridized carbons (Fsp3) is 0.375. The Bertz CT molecular complexity index is 885. The maximum atomic E-state index is 13.0. The van der Waals surface area contributed by atoms with Gasteiger partial charge in [-0.15, -0.1) is 0 Å². The molecule has 0 fully saturated rings. The SMILES string of the molecule is CC[C@@H](C)[C@H](NC(=O)[C@@H](Cc1ccc(O)cc1)NC(=O)OCc1ccccc1)C(=O)OC. The number of hydrogen-bond donors (Lipinski definition) is 3. The Morgan fingerprint density at radius 1 is 0.969 bits per heavy atom. The first-order valence-electron chi connectivity index (χ1n) is 10.5. The molecule has 2 amide bonds. The van der Waals surface area contributed by atoms with Crippen molar-refractivity contribution in [3.8, 4) is 5.75 Å². The van der Waals surface area contributed by atoms with E-state index in [1.807, 2.05) is 44.2 Å². The molecule has 0 bridgehead atoms. The molecule has 2 rings (SSSR count). The van der Waals surface area contributed by atoms with Gasteiger partial charge >= 0.3 is 12.1 Å². The third-order valence-corrected chi connectivity index (χ3v) is 5.16. The minimum absolute atomic E-state index is 0.0534. The highest BCUT2D eigenvalue weighted by Gasteiger charge is 2.30. The molecular formula is C24H30N2O6. The minimum atomic E-state index is -1.00.